The zero-order valence-corrected chi connectivity index (χ0v) is 23.1. The predicted molar refractivity (Wildman–Crippen MR) is 145 cm³/mol. The average Bonchev–Trinajstić information content (AvgIpc) is 3.41. The van der Waals surface area contributed by atoms with E-state index in [1.54, 1.807) is 17.9 Å². The number of anilines is 2. The van der Waals surface area contributed by atoms with Crippen LogP contribution in [0.4, 0.5) is 11.4 Å². The summed E-state index contributed by atoms with van der Waals surface area (Å²) in [5, 5.41) is 20.4. The highest BCUT2D eigenvalue weighted by Crippen LogP contribution is 2.65. The van der Waals surface area contributed by atoms with Crippen LogP contribution in [0, 0.1) is 17.8 Å². The van der Waals surface area contributed by atoms with Crippen LogP contribution in [0.3, 0.4) is 0 Å². The van der Waals surface area contributed by atoms with Crippen molar-refractivity contribution in [3.05, 3.63) is 36.9 Å². The fraction of sp³-hybridized carbons (Fsp3) is 0.621. The molecule has 1 spiro atoms. The lowest BCUT2D eigenvalue weighted by atomic mass is 9.62. The largest absolute Gasteiger partial charge is 0.481 e. The van der Waals surface area contributed by atoms with E-state index in [4.69, 9.17) is 4.74 Å². The molecule has 1 aromatic rings. The van der Waals surface area contributed by atoms with Gasteiger partial charge in [0.15, 0.2) is 0 Å². The fourth-order valence-electron chi connectivity index (χ4n) is 7.17. The number of aliphatic hydroxyl groups excluding tert-OH is 1. The molecule has 9 nitrogen and oxygen atoms in total. The minimum Gasteiger partial charge on any atom is -0.481 e. The van der Waals surface area contributed by atoms with Crippen molar-refractivity contribution < 1.29 is 29.3 Å². The van der Waals surface area contributed by atoms with E-state index >= 15 is 0 Å². The lowest BCUT2D eigenvalue weighted by Crippen LogP contribution is -2.59. The van der Waals surface area contributed by atoms with E-state index in [9.17, 15) is 24.6 Å². The summed E-state index contributed by atoms with van der Waals surface area (Å²) in [5.41, 5.74) is -0.658. The molecule has 1 aromatic carbocycles. The van der Waals surface area contributed by atoms with Crippen LogP contribution >= 0.6 is 0 Å². The minimum atomic E-state index is -1.28. The van der Waals surface area contributed by atoms with E-state index in [0.29, 0.717) is 18.5 Å². The zero-order chi connectivity index (χ0) is 28.0. The van der Waals surface area contributed by atoms with Gasteiger partial charge in [-0.3, -0.25) is 14.4 Å². The maximum Gasteiger partial charge on any atom is 0.310 e. The van der Waals surface area contributed by atoms with Crippen LogP contribution in [-0.4, -0.2) is 82.4 Å². The van der Waals surface area contributed by atoms with Gasteiger partial charge in [0, 0.05) is 31.0 Å². The van der Waals surface area contributed by atoms with Crippen molar-refractivity contribution in [2.45, 2.75) is 70.7 Å². The Balaban J connectivity index is 1.82. The Bertz CT molecular complexity index is 1080. The van der Waals surface area contributed by atoms with Crippen LogP contribution in [0.1, 0.15) is 47.5 Å². The van der Waals surface area contributed by atoms with Gasteiger partial charge in [-0.05, 0) is 63.8 Å². The van der Waals surface area contributed by atoms with E-state index in [2.05, 4.69) is 25.3 Å². The number of carboxylic acid groups (broad SMARTS) is 1. The van der Waals surface area contributed by atoms with E-state index in [-0.39, 0.29) is 25.0 Å². The lowest BCUT2D eigenvalue weighted by molar-refractivity contribution is -0.157. The third-order valence-corrected chi connectivity index (χ3v) is 9.20. The van der Waals surface area contributed by atoms with Crippen LogP contribution in [0.5, 0.6) is 0 Å². The molecule has 0 aromatic heterocycles. The molecule has 3 heterocycles. The second kappa shape index (κ2) is 10.3. The Hall–Kier alpha value is -2.91. The molecule has 0 saturated carbocycles. The summed E-state index contributed by atoms with van der Waals surface area (Å²) in [7, 11) is 0. The molecule has 0 aliphatic carbocycles. The van der Waals surface area contributed by atoms with Gasteiger partial charge in [-0.15, -0.1) is 6.58 Å². The highest BCUT2D eigenvalue weighted by atomic mass is 16.5. The molecule has 0 radical (unpaired) electrons. The molecule has 3 saturated heterocycles. The summed E-state index contributed by atoms with van der Waals surface area (Å²) >= 11 is 0. The molecule has 3 aliphatic rings. The Labute approximate surface area is 225 Å². The Kier molecular flexibility index (Phi) is 7.65. The van der Waals surface area contributed by atoms with Gasteiger partial charge in [0.25, 0.3) is 5.91 Å². The van der Waals surface area contributed by atoms with Crippen molar-refractivity contribution in [2.24, 2.45) is 17.8 Å². The number of hydrogen-bond acceptors (Lipinski definition) is 6. The molecule has 2 amide bonds. The zero-order valence-electron chi connectivity index (χ0n) is 23.1. The number of carbonyl (C=O) groups is 3. The van der Waals surface area contributed by atoms with Crippen molar-refractivity contribution in [1.29, 1.82) is 0 Å². The maximum absolute atomic E-state index is 14.5. The number of rotatable bonds is 11. The molecule has 38 heavy (non-hydrogen) atoms. The van der Waals surface area contributed by atoms with Gasteiger partial charge in [0.05, 0.1) is 24.2 Å². The van der Waals surface area contributed by atoms with Crippen molar-refractivity contribution in [3.63, 3.8) is 0 Å². The molecule has 4 rings (SSSR count). The first-order valence-electron chi connectivity index (χ1n) is 13.7. The van der Waals surface area contributed by atoms with Crippen LogP contribution in [0.2, 0.25) is 0 Å². The number of likely N-dealkylation sites (tertiary alicyclic amines) is 1. The Morgan fingerprint density at radius 1 is 1.21 bits per heavy atom. The predicted octanol–water partition coefficient (Wildman–Crippen LogP) is 2.92. The van der Waals surface area contributed by atoms with Crippen molar-refractivity contribution >= 4 is 29.2 Å². The number of carboxylic acids is 1. The monoisotopic (exact) mass is 527 g/mol. The summed E-state index contributed by atoms with van der Waals surface area (Å²) < 4.78 is 6.57. The van der Waals surface area contributed by atoms with E-state index in [1.807, 2.05) is 38.1 Å². The number of aliphatic hydroxyl groups is 1. The number of hydrogen-bond donors (Lipinski definition) is 2. The smallest absolute Gasteiger partial charge is 0.310 e. The number of fused-ring (bicyclic) bond motifs is 1. The molecular formula is C29H41N3O6. The summed E-state index contributed by atoms with van der Waals surface area (Å²) in [4.78, 5) is 46.2. The van der Waals surface area contributed by atoms with Crippen LogP contribution in [0.15, 0.2) is 36.9 Å². The number of nitrogens with zero attached hydrogens (tertiary/aromatic N) is 3. The Morgan fingerprint density at radius 3 is 2.32 bits per heavy atom. The molecule has 3 aliphatic heterocycles. The van der Waals surface area contributed by atoms with Crippen LogP contribution < -0.4 is 9.80 Å². The first kappa shape index (κ1) is 28.1. The van der Waals surface area contributed by atoms with Gasteiger partial charge >= 0.3 is 5.97 Å². The molecule has 3 unspecified atom stereocenters. The maximum atomic E-state index is 14.5. The van der Waals surface area contributed by atoms with Gasteiger partial charge < -0.3 is 29.6 Å². The number of benzene rings is 1. The van der Waals surface area contributed by atoms with Crippen molar-refractivity contribution in [2.75, 3.05) is 36.0 Å². The number of aliphatic carboxylic acids is 1. The second-order valence-corrected chi connectivity index (χ2v) is 11.0. The van der Waals surface area contributed by atoms with Gasteiger partial charge in [0.1, 0.15) is 17.6 Å². The van der Waals surface area contributed by atoms with Crippen LogP contribution in [-0.2, 0) is 19.1 Å². The van der Waals surface area contributed by atoms with Crippen molar-refractivity contribution in [1.82, 2.24) is 4.90 Å². The van der Waals surface area contributed by atoms with E-state index < -0.39 is 47.0 Å². The molecule has 3 fully saturated rings. The lowest BCUT2D eigenvalue weighted by Gasteiger charge is -2.39. The average molecular weight is 528 g/mol. The number of ether oxygens (including phenoxy) is 1. The fourth-order valence-corrected chi connectivity index (χ4v) is 7.17. The molecule has 9 heteroatoms. The van der Waals surface area contributed by atoms with Gasteiger partial charge in [0.2, 0.25) is 5.91 Å². The van der Waals surface area contributed by atoms with Gasteiger partial charge in [-0.1, -0.05) is 19.9 Å². The summed E-state index contributed by atoms with van der Waals surface area (Å²) in [5.74, 6) is -4.12. The summed E-state index contributed by atoms with van der Waals surface area (Å²) in [6.07, 6.45) is 2.44. The van der Waals surface area contributed by atoms with E-state index in [0.717, 1.165) is 18.8 Å². The number of amides is 2. The molecule has 2 N–H and O–H groups in total. The third kappa shape index (κ3) is 3.93. The Morgan fingerprint density at radius 2 is 1.82 bits per heavy atom. The van der Waals surface area contributed by atoms with Crippen LogP contribution in [0.25, 0.3) is 0 Å². The third-order valence-electron chi connectivity index (χ3n) is 9.20. The summed E-state index contributed by atoms with van der Waals surface area (Å²) in [6.45, 7) is 15.1. The standard InChI is InChI=1S/C29H41N3O6/c1-7-15-31(21-13-11-20(12-14-21)30(9-3)10-4)26(35)24-29-16-18(5)28(6,38-29)23(27(36)37)22(29)25(34)32(24)19(8-2)17-33/h7,11-14,18-19,22-24,33H,1,8-10,15-17H2,2-6H3,(H,36,37)/t18?,19-,22-,23+,24?,28-,29?/m0/s1. The van der Waals surface area contributed by atoms with Gasteiger partial charge in [-0.25, -0.2) is 0 Å². The summed E-state index contributed by atoms with van der Waals surface area (Å²) in [6, 6.07) is 6.00. The highest BCUT2D eigenvalue weighted by molar-refractivity contribution is 6.05. The topological polar surface area (TPSA) is 111 Å². The quantitative estimate of drug-likeness (QED) is 0.426. The molecule has 208 valence electrons. The number of carbonyl (C=O) groups excluding carboxylic acids is 2. The van der Waals surface area contributed by atoms with Gasteiger partial charge in [-0.2, -0.15) is 0 Å². The van der Waals surface area contributed by atoms with Crippen molar-refractivity contribution in [3.8, 4) is 0 Å². The molecule has 2 bridgehead atoms. The second-order valence-electron chi connectivity index (χ2n) is 11.0. The highest BCUT2D eigenvalue weighted by Gasteiger charge is 2.80. The molecular weight excluding hydrogens is 486 g/mol. The minimum absolute atomic E-state index is 0.168. The van der Waals surface area contributed by atoms with E-state index in [1.165, 1.54) is 4.90 Å². The molecule has 7 atom stereocenters. The first-order chi connectivity index (χ1) is 18.1. The normalized spacial score (nSPS) is 32.3. The first-order valence-corrected chi connectivity index (χ1v) is 13.7. The SMILES string of the molecule is C=CCN(C(=O)C1N([C@@H](CC)CO)C(=O)[C@@H]2[C@H](C(=O)O)[C@@]3(C)OC12CC3C)c1ccc(N(CC)CC)cc1.